The van der Waals surface area contributed by atoms with Gasteiger partial charge in [-0.05, 0) is 25.5 Å². The lowest BCUT2D eigenvalue weighted by molar-refractivity contribution is -0.125. The number of aryl methyl sites for hydroxylation is 2. The van der Waals surface area contributed by atoms with Crippen LogP contribution in [0, 0.1) is 19.8 Å². The van der Waals surface area contributed by atoms with Gasteiger partial charge < -0.3 is 10.2 Å². The molecule has 1 aromatic rings. The van der Waals surface area contributed by atoms with E-state index in [1.54, 1.807) is 11.9 Å². The third kappa shape index (κ3) is 2.23. The zero-order valence-electron chi connectivity index (χ0n) is 11.0. The average molecular weight is 246 g/mol. The molecule has 96 valence electrons. The average Bonchev–Trinajstić information content (AvgIpc) is 2.70. The van der Waals surface area contributed by atoms with Crippen LogP contribution in [0.4, 0.5) is 5.69 Å². The Labute approximate surface area is 107 Å². The van der Waals surface area contributed by atoms with Crippen molar-refractivity contribution in [3.05, 3.63) is 29.3 Å². The number of carbonyl (C=O) groups excluding carboxylic acids is 2. The molecule has 4 nitrogen and oxygen atoms in total. The molecule has 0 aromatic heterocycles. The molecule has 0 bridgehead atoms. The Balaban J connectivity index is 2.24. The van der Waals surface area contributed by atoms with Crippen molar-refractivity contribution in [2.45, 2.75) is 20.3 Å². The minimum absolute atomic E-state index is 0.0237. The molecule has 1 saturated heterocycles. The fourth-order valence-corrected chi connectivity index (χ4v) is 2.43. The Kier molecular flexibility index (Phi) is 3.36. The largest absolute Gasteiger partial charge is 0.359 e. The molecule has 1 atom stereocenters. The lowest BCUT2D eigenvalue weighted by Gasteiger charge is -2.19. The second-order valence-electron chi connectivity index (χ2n) is 4.81. The fraction of sp³-hybridized carbons (Fsp3) is 0.429. The predicted octanol–water partition coefficient (Wildman–Crippen LogP) is 1.40. The van der Waals surface area contributed by atoms with Crippen LogP contribution in [0.1, 0.15) is 17.5 Å². The lowest BCUT2D eigenvalue weighted by Crippen LogP contribution is -2.30. The van der Waals surface area contributed by atoms with Crippen LogP contribution in [0.25, 0.3) is 0 Å². The predicted molar refractivity (Wildman–Crippen MR) is 70.4 cm³/mol. The Morgan fingerprint density at radius 2 is 2.11 bits per heavy atom. The molecule has 1 heterocycles. The highest BCUT2D eigenvalue weighted by molar-refractivity contribution is 6.00. The fourth-order valence-electron chi connectivity index (χ4n) is 2.43. The maximum absolute atomic E-state index is 12.0. The summed E-state index contributed by atoms with van der Waals surface area (Å²) in [5.41, 5.74) is 3.16. The van der Waals surface area contributed by atoms with Gasteiger partial charge in [0, 0.05) is 25.7 Å². The van der Waals surface area contributed by atoms with E-state index in [-0.39, 0.29) is 17.7 Å². The Morgan fingerprint density at radius 3 is 2.72 bits per heavy atom. The van der Waals surface area contributed by atoms with E-state index in [0.29, 0.717) is 13.0 Å². The zero-order chi connectivity index (χ0) is 13.3. The van der Waals surface area contributed by atoms with Crippen molar-refractivity contribution in [1.82, 2.24) is 5.32 Å². The summed E-state index contributed by atoms with van der Waals surface area (Å²) in [6.45, 7) is 4.49. The van der Waals surface area contributed by atoms with Crippen molar-refractivity contribution in [1.29, 1.82) is 0 Å². The molecule has 0 spiro atoms. The number of hydrogen-bond acceptors (Lipinski definition) is 2. The summed E-state index contributed by atoms with van der Waals surface area (Å²) in [5, 5.41) is 2.61. The van der Waals surface area contributed by atoms with Gasteiger partial charge in [-0.25, -0.2) is 0 Å². The van der Waals surface area contributed by atoms with Gasteiger partial charge >= 0.3 is 0 Å². The molecule has 1 aliphatic rings. The Bertz CT molecular complexity index is 497. The van der Waals surface area contributed by atoms with E-state index in [9.17, 15) is 9.59 Å². The number of carbonyl (C=O) groups is 2. The van der Waals surface area contributed by atoms with Crippen molar-refractivity contribution >= 4 is 17.5 Å². The molecular formula is C14H18N2O2. The van der Waals surface area contributed by atoms with E-state index in [1.165, 1.54) is 5.56 Å². The highest BCUT2D eigenvalue weighted by Gasteiger charge is 2.35. The Hall–Kier alpha value is -1.84. The van der Waals surface area contributed by atoms with Gasteiger partial charge in [0.25, 0.3) is 0 Å². The van der Waals surface area contributed by atoms with Gasteiger partial charge in [-0.2, -0.15) is 0 Å². The second-order valence-corrected chi connectivity index (χ2v) is 4.81. The number of nitrogens with zero attached hydrogens (tertiary/aromatic N) is 1. The first kappa shape index (κ1) is 12.6. The van der Waals surface area contributed by atoms with Crippen LogP contribution >= 0.6 is 0 Å². The highest BCUT2D eigenvalue weighted by Crippen LogP contribution is 2.28. The summed E-state index contributed by atoms with van der Waals surface area (Å²) in [7, 11) is 1.60. The third-order valence-electron chi connectivity index (χ3n) is 3.39. The number of amides is 2. The van der Waals surface area contributed by atoms with Crippen LogP contribution in [0.15, 0.2) is 18.2 Å². The van der Waals surface area contributed by atoms with E-state index in [2.05, 4.69) is 11.4 Å². The molecule has 1 aliphatic heterocycles. The van der Waals surface area contributed by atoms with Crippen LogP contribution < -0.4 is 10.2 Å². The van der Waals surface area contributed by atoms with E-state index in [0.717, 1.165) is 11.3 Å². The maximum Gasteiger partial charge on any atom is 0.227 e. The highest BCUT2D eigenvalue weighted by atomic mass is 16.2. The topological polar surface area (TPSA) is 49.4 Å². The monoisotopic (exact) mass is 246 g/mol. The van der Waals surface area contributed by atoms with E-state index in [4.69, 9.17) is 0 Å². The standard InChI is InChI=1S/C14H18N2O2/c1-9-4-5-12(10(2)6-9)16-8-11(7-13(16)17)14(18)15-3/h4-6,11H,7-8H2,1-3H3,(H,15,18). The summed E-state index contributed by atoms with van der Waals surface area (Å²) in [4.78, 5) is 25.3. The number of benzene rings is 1. The molecule has 2 amide bonds. The number of rotatable bonds is 2. The van der Waals surface area contributed by atoms with E-state index >= 15 is 0 Å². The summed E-state index contributed by atoms with van der Waals surface area (Å²) in [5.74, 6) is -0.269. The van der Waals surface area contributed by atoms with Gasteiger partial charge in [0.15, 0.2) is 0 Å². The third-order valence-corrected chi connectivity index (χ3v) is 3.39. The lowest BCUT2D eigenvalue weighted by atomic mass is 10.1. The van der Waals surface area contributed by atoms with E-state index in [1.807, 2.05) is 26.0 Å². The van der Waals surface area contributed by atoms with Gasteiger partial charge in [0.2, 0.25) is 11.8 Å². The van der Waals surface area contributed by atoms with Crippen LogP contribution in [-0.2, 0) is 9.59 Å². The number of nitrogens with one attached hydrogen (secondary N) is 1. The van der Waals surface area contributed by atoms with Crippen LogP contribution in [0.5, 0.6) is 0 Å². The van der Waals surface area contributed by atoms with Gasteiger partial charge in [0.1, 0.15) is 0 Å². The van der Waals surface area contributed by atoms with Gasteiger partial charge in [-0.1, -0.05) is 17.7 Å². The molecule has 0 radical (unpaired) electrons. The van der Waals surface area contributed by atoms with Crippen molar-refractivity contribution in [3.63, 3.8) is 0 Å². The summed E-state index contributed by atoms with van der Waals surface area (Å²) < 4.78 is 0. The molecule has 0 aliphatic carbocycles. The normalized spacial score (nSPS) is 19.2. The van der Waals surface area contributed by atoms with Crippen LogP contribution in [0.2, 0.25) is 0 Å². The Morgan fingerprint density at radius 1 is 1.39 bits per heavy atom. The molecule has 18 heavy (non-hydrogen) atoms. The minimum Gasteiger partial charge on any atom is -0.359 e. The van der Waals surface area contributed by atoms with Crippen LogP contribution in [0.3, 0.4) is 0 Å². The van der Waals surface area contributed by atoms with Gasteiger partial charge in [0.05, 0.1) is 5.92 Å². The zero-order valence-corrected chi connectivity index (χ0v) is 11.0. The molecule has 1 N–H and O–H groups in total. The first-order chi connectivity index (χ1) is 8.52. The molecule has 0 saturated carbocycles. The molecule has 1 fully saturated rings. The second kappa shape index (κ2) is 4.80. The quantitative estimate of drug-likeness (QED) is 0.857. The van der Waals surface area contributed by atoms with Crippen molar-refractivity contribution in [2.24, 2.45) is 5.92 Å². The molecule has 2 rings (SSSR count). The summed E-state index contributed by atoms with van der Waals surface area (Å²) >= 11 is 0. The molecule has 1 aromatic carbocycles. The summed E-state index contributed by atoms with van der Waals surface area (Å²) in [6, 6.07) is 5.99. The van der Waals surface area contributed by atoms with Crippen molar-refractivity contribution in [3.8, 4) is 0 Å². The summed E-state index contributed by atoms with van der Waals surface area (Å²) in [6.07, 6.45) is 0.299. The SMILES string of the molecule is CNC(=O)C1CC(=O)N(c2ccc(C)cc2C)C1. The van der Waals surface area contributed by atoms with Gasteiger partial charge in [-0.15, -0.1) is 0 Å². The molecule has 4 heteroatoms. The van der Waals surface area contributed by atoms with E-state index < -0.39 is 0 Å². The number of anilines is 1. The first-order valence-electron chi connectivity index (χ1n) is 6.12. The van der Waals surface area contributed by atoms with Crippen molar-refractivity contribution in [2.75, 3.05) is 18.5 Å². The van der Waals surface area contributed by atoms with Crippen molar-refractivity contribution < 1.29 is 9.59 Å². The van der Waals surface area contributed by atoms with Gasteiger partial charge in [-0.3, -0.25) is 9.59 Å². The first-order valence-corrected chi connectivity index (χ1v) is 6.12. The minimum atomic E-state index is -0.233. The molecular weight excluding hydrogens is 228 g/mol. The van der Waals surface area contributed by atoms with Crippen LogP contribution in [-0.4, -0.2) is 25.4 Å². The molecule has 1 unspecified atom stereocenters. The maximum atomic E-state index is 12.0. The number of hydrogen-bond donors (Lipinski definition) is 1. The smallest absolute Gasteiger partial charge is 0.227 e.